The number of aryl methyl sites for hydroxylation is 1. The van der Waals surface area contributed by atoms with Gasteiger partial charge in [0, 0.05) is 17.5 Å². The number of hydrogen-bond donors (Lipinski definition) is 0. The van der Waals surface area contributed by atoms with Crippen molar-refractivity contribution in [2.24, 2.45) is 0 Å². The van der Waals surface area contributed by atoms with Crippen molar-refractivity contribution in [3.63, 3.8) is 0 Å². The number of rotatable bonds is 2. The highest BCUT2D eigenvalue weighted by molar-refractivity contribution is 7.90. The lowest BCUT2D eigenvalue weighted by Gasteiger charge is -2.02. The molecule has 1 rings (SSSR count). The molecule has 0 aliphatic heterocycles. The molecule has 1 aromatic heterocycles. The van der Waals surface area contributed by atoms with E-state index in [2.05, 4.69) is 4.98 Å². The van der Waals surface area contributed by atoms with E-state index in [4.69, 9.17) is 0 Å². The molecule has 0 saturated heterocycles. The molecule has 1 aromatic rings. The van der Waals surface area contributed by atoms with Crippen LogP contribution in [0.5, 0.6) is 0 Å². The Morgan fingerprint density at radius 3 is 2.29 bits per heavy atom. The molecule has 14 heavy (non-hydrogen) atoms. The Balaban J connectivity index is 3.34. The zero-order valence-corrected chi connectivity index (χ0v) is 9.05. The fourth-order valence-electron chi connectivity index (χ4n) is 1.12. The number of nitrogens with zero attached hydrogens (tertiary/aromatic N) is 1. The zero-order valence-electron chi connectivity index (χ0n) is 8.23. The second-order valence-corrected chi connectivity index (χ2v) is 5.07. The van der Waals surface area contributed by atoms with Crippen LogP contribution in [0.2, 0.25) is 0 Å². The highest BCUT2D eigenvalue weighted by Gasteiger charge is 2.12. The van der Waals surface area contributed by atoms with Crippen LogP contribution in [0.1, 0.15) is 23.0 Å². The minimum absolute atomic E-state index is 0.000000000000000222. The lowest BCUT2D eigenvalue weighted by atomic mass is 10.1. The van der Waals surface area contributed by atoms with Crippen molar-refractivity contribution in [3.8, 4) is 0 Å². The molecule has 0 N–H and O–H groups in total. The average Bonchev–Trinajstić information content (AvgIpc) is 2.01. The molecular formula is C9H11NO3S. The van der Waals surface area contributed by atoms with Gasteiger partial charge in [0.25, 0.3) is 0 Å². The highest BCUT2D eigenvalue weighted by Crippen LogP contribution is 2.11. The van der Waals surface area contributed by atoms with Gasteiger partial charge in [-0.3, -0.25) is 4.79 Å². The van der Waals surface area contributed by atoms with Crippen molar-refractivity contribution in [2.75, 3.05) is 6.26 Å². The number of Topliss-reactive ketones (excluding diaryl/α,β-unsaturated/α-hetero) is 1. The molecule has 0 fully saturated rings. The van der Waals surface area contributed by atoms with E-state index in [-0.39, 0.29) is 10.8 Å². The van der Waals surface area contributed by atoms with Gasteiger partial charge in [-0.05, 0) is 26.0 Å². The van der Waals surface area contributed by atoms with Crippen LogP contribution in [-0.2, 0) is 9.84 Å². The van der Waals surface area contributed by atoms with Gasteiger partial charge in [0.2, 0.25) is 0 Å². The van der Waals surface area contributed by atoms with E-state index in [0.29, 0.717) is 11.3 Å². The summed E-state index contributed by atoms with van der Waals surface area (Å²) < 4.78 is 22.2. The summed E-state index contributed by atoms with van der Waals surface area (Å²) in [5.74, 6) is -0.116. The molecule has 0 aliphatic rings. The smallest absolute Gasteiger partial charge is 0.192 e. The van der Waals surface area contributed by atoms with Crippen LogP contribution in [0.3, 0.4) is 0 Å². The lowest BCUT2D eigenvalue weighted by Crippen LogP contribution is -2.05. The van der Waals surface area contributed by atoms with E-state index >= 15 is 0 Å². The van der Waals surface area contributed by atoms with Crippen molar-refractivity contribution in [1.82, 2.24) is 4.98 Å². The molecule has 0 bridgehead atoms. The van der Waals surface area contributed by atoms with Crippen LogP contribution < -0.4 is 0 Å². The van der Waals surface area contributed by atoms with E-state index in [1.807, 2.05) is 0 Å². The summed E-state index contributed by atoms with van der Waals surface area (Å²) in [6.45, 7) is 3.04. The van der Waals surface area contributed by atoms with Gasteiger partial charge in [-0.15, -0.1) is 0 Å². The zero-order chi connectivity index (χ0) is 10.9. The van der Waals surface area contributed by atoms with Gasteiger partial charge in [-0.1, -0.05) is 0 Å². The first-order chi connectivity index (χ1) is 6.32. The number of aromatic nitrogens is 1. The summed E-state index contributed by atoms with van der Waals surface area (Å²) in [6.07, 6.45) is 1.09. The fraction of sp³-hybridized carbons (Fsp3) is 0.333. The summed E-state index contributed by atoms with van der Waals surface area (Å²) in [5.41, 5.74) is 0.901. The van der Waals surface area contributed by atoms with Gasteiger partial charge < -0.3 is 0 Å². The number of ketones is 1. The summed E-state index contributed by atoms with van der Waals surface area (Å²) in [6, 6.07) is 2.83. The molecule has 0 amide bonds. The van der Waals surface area contributed by atoms with Gasteiger partial charge in [0.1, 0.15) is 0 Å². The maximum atomic E-state index is 11.1. The Morgan fingerprint density at radius 1 is 1.36 bits per heavy atom. The molecule has 4 nitrogen and oxygen atoms in total. The van der Waals surface area contributed by atoms with Crippen molar-refractivity contribution in [3.05, 3.63) is 23.4 Å². The minimum atomic E-state index is -3.29. The third kappa shape index (κ3) is 2.17. The Bertz CT molecular complexity index is 477. The third-order valence-electron chi connectivity index (χ3n) is 1.82. The first-order valence-corrected chi connectivity index (χ1v) is 5.90. The van der Waals surface area contributed by atoms with E-state index in [0.717, 1.165) is 6.26 Å². The van der Waals surface area contributed by atoms with Crippen LogP contribution in [-0.4, -0.2) is 25.4 Å². The molecule has 76 valence electrons. The van der Waals surface area contributed by atoms with Gasteiger partial charge in [0.15, 0.2) is 20.6 Å². The molecule has 0 aliphatic carbocycles. The van der Waals surface area contributed by atoms with Crippen LogP contribution >= 0.6 is 0 Å². The average molecular weight is 213 g/mol. The largest absolute Gasteiger partial charge is 0.294 e. The van der Waals surface area contributed by atoms with Crippen molar-refractivity contribution < 1.29 is 13.2 Å². The highest BCUT2D eigenvalue weighted by atomic mass is 32.2. The molecule has 0 unspecified atom stereocenters. The van der Waals surface area contributed by atoms with Gasteiger partial charge >= 0.3 is 0 Å². The summed E-state index contributed by atoms with van der Waals surface area (Å²) in [7, 11) is -3.29. The second-order valence-electron chi connectivity index (χ2n) is 3.11. The Labute approximate surface area is 82.9 Å². The van der Waals surface area contributed by atoms with Gasteiger partial charge in [-0.2, -0.15) is 0 Å². The number of carbonyl (C=O) groups excluding carboxylic acids is 1. The molecule has 5 heteroatoms. The van der Waals surface area contributed by atoms with E-state index in [1.165, 1.54) is 19.1 Å². The van der Waals surface area contributed by atoms with Crippen molar-refractivity contribution >= 4 is 15.6 Å². The van der Waals surface area contributed by atoms with E-state index < -0.39 is 9.84 Å². The maximum Gasteiger partial charge on any atom is 0.192 e. The SMILES string of the molecule is CC(=O)c1ccc(S(C)(=O)=O)nc1C. The molecule has 0 saturated carbocycles. The monoisotopic (exact) mass is 213 g/mol. The standard InChI is InChI=1S/C9H11NO3S/c1-6-8(7(2)11)4-5-9(10-6)14(3,12)13/h4-5H,1-3H3. The number of pyridine rings is 1. The minimum Gasteiger partial charge on any atom is -0.294 e. The van der Waals surface area contributed by atoms with Crippen molar-refractivity contribution in [2.45, 2.75) is 18.9 Å². The van der Waals surface area contributed by atoms with Gasteiger partial charge in [0.05, 0.1) is 0 Å². The molecule has 0 radical (unpaired) electrons. The third-order valence-corrected chi connectivity index (χ3v) is 2.81. The molecule has 0 atom stereocenters. The summed E-state index contributed by atoms with van der Waals surface area (Å²) in [5, 5.41) is 0.000000000000000222. The van der Waals surface area contributed by atoms with Crippen LogP contribution in [0.4, 0.5) is 0 Å². The Hall–Kier alpha value is -1.23. The predicted octanol–water partition coefficient (Wildman–Crippen LogP) is 0.996. The summed E-state index contributed by atoms with van der Waals surface area (Å²) >= 11 is 0. The predicted molar refractivity (Wildman–Crippen MR) is 52.1 cm³/mol. The lowest BCUT2D eigenvalue weighted by molar-refractivity contribution is 0.101. The number of sulfone groups is 1. The maximum absolute atomic E-state index is 11.1. The van der Waals surface area contributed by atoms with E-state index in [9.17, 15) is 13.2 Å². The van der Waals surface area contributed by atoms with Crippen molar-refractivity contribution in [1.29, 1.82) is 0 Å². The molecule has 0 spiro atoms. The Kier molecular flexibility index (Phi) is 2.71. The summed E-state index contributed by atoms with van der Waals surface area (Å²) in [4.78, 5) is 14.9. The molecular weight excluding hydrogens is 202 g/mol. The number of hydrogen-bond acceptors (Lipinski definition) is 4. The normalized spacial score (nSPS) is 11.4. The van der Waals surface area contributed by atoms with Gasteiger partial charge in [-0.25, -0.2) is 13.4 Å². The first kappa shape index (κ1) is 10.8. The fourth-order valence-corrected chi connectivity index (χ4v) is 1.73. The molecule has 1 heterocycles. The quantitative estimate of drug-likeness (QED) is 0.687. The second kappa shape index (κ2) is 3.49. The van der Waals surface area contributed by atoms with Crippen LogP contribution in [0.15, 0.2) is 17.2 Å². The van der Waals surface area contributed by atoms with Crippen LogP contribution in [0.25, 0.3) is 0 Å². The topological polar surface area (TPSA) is 64.1 Å². The molecule has 0 aromatic carbocycles. The Morgan fingerprint density at radius 2 is 1.93 bits per heavy atom. The van der Waals surface area contributed by atoms with Crippen LogP contribution in [0, 0.1) is 6.92 Å². The van der Waals surface area contributed by atoms with E-state index in [1.54, 1.807) is 6.92 Å². The first-order valence-electron chi connectivity index (χ1n) is 4.01. The number of carbonyl (C=O) groups is 1.